The van der Waals surface area contributed by atoms with Crippen LogP contribution in [0.1, 0.15) is 19.3 Å². The molecule has 96 valence electrons. The Kier molecular flexibility index (Phi) is 3.69. The maximum atomic E-state index is 11.2. The van der Waals surface area contributed by atoms with Crippen molar-refractivity contribution in [2.75, 3.05) is 27.3 Å². The fourth-order valence-electron chi connectivity index (χ4n) is 2.57. The van der Waals surface area contributed by atoms with Crippen LogP contribution in [0.5, 0.6) is 0 Å². The highest BCUT2D eigenvalue weighted by atomic mass is 16.5. The molecule has 1 unspecified atom stereocenters. The van der Waals surface area contributed by atoms with E-state index in [9.17, 15) is 9.90 Å². The number of aliphatic carboxylic acids is 1. The summed E-state index contributed by atoms with van der Waals surface area (Å²) in [6.07, 6.45) is 4.70. The van der Waals surface area contributed by atoms with Gasteiger partial charge in [0.15, 0.2) is 0 Å². The standard InChI is InChI=1S/C12H20N2O3/c1-13-8-10(12(15)16)11(14(13)2)7-9-3-5-17-6-4-9/h8-9,11H,3-7H2,1-2H3,(H,15,16). The van der Waals surface area contributed by atoms with Gasteiger partial charge in [-0.25, -0.2) is 9.80 Å². The summed E-state index contributed by atoms with van der Waals surface area (Å²) in [6, 6.07) is 0.000556. The number of carboxylic acid groups (broad SMARTS) is 1. The van der Waals surface area contributed by atoms with Gasteiger partial charge >= 0.3 is 5.97 Å². The van der Waals surface area contributed by atoms with E-state index >= 15 is 0 Å². The largest absolute Gasteiger partial charge is 0.478 e. The molecule has 0 amide bonds. The van der Waals surface area contributed by atoms with Crippen molar-refractivity contribution < 1.29 is 14.6 Å². The fourth-order valence-corrected chi connectivity index (χ4v) is 2.57. The average Bonchev–Trinajstić information content (AvgIpc) is 2.59. The molecule has 0 aromatic carbocycles. The van der Waals surface area contributed by atoms with Crippen molar-refractivity contribution in [2.45, 2.75) is 25.3 Å². The van der Waals surface area contributed by atoms with Gasteiger partial charge in [-0.15, -0.1) is 0 Å². The Balaban J connectivity index is 2.02. The van der Waals surface area contributed by atoms with E-state index in [-0.39, 0.29) is 6.04 Å². The summed E-state index contributed by atoms with van der Waals surface area (Å²) in [7, 11) is 3.82. The number of nitrogens with zero attached hydrogens (tertiary/aromatic N) is 2. The molecule has 0 aromatic heterocycles. The molecule has 17 heavy (non-hydrogen) atoms. The molecular formula is C12H20N2O3. The Morgan fingerprint density at radius 2 is 2.12 bits per heavy atom. The highest BCUT2D eigenvalue weighted by molar-refractivity contribution is 5.88. The lowest BCUT2D eigenvalue weighted by Crippen LogP contribution is -2.39. The van der Waals surface area contributed by atoms with Crippen LogP contribution in [-0.2, 0) is 9.53 Å². The van der Waals surface area contributed by atoms with Crippen LogP contribution in [0.2, 0.25) is 0 Å². The molecule has 5 heteroatoms. The molecule has 0 saturated carbocycles. The van der Waals surface area contributed by atoms with E-state index in [1.54, 1.807) is 6.20 Å². The molecule has 0 bridgehead atoms. The third-order valence-electron chi connectivity index (χ3n) is 3.78. The zero-order valence-electron chi connectivity index (χ0n) is 10.4. The first-order chi connectivity index (χ1) is 8.09. The van der Waals surface area contributed by atoms with Crippen molar-refractivity contribution in [3.05, 3.63) is 11.8 Å². The van der Waals surface area contributed by atoms with Crippen molar-refractivity contribution in [1.82, 2.24) is 10.0 Å². The van der Waals surface area contributed by atoms with Gasteiger partial charge in [-0.3, -0.25) is 0 Å². The summed E-state index contributed by atoms with van der Waals surface area (Å²) in [4.78, 5) is 11.2. The van der Waals surface area contributed by atoms with Gasteiger partial charge in [0.05, 0.1) is 11.6 Å². The monoisotopic (exact) mass is 240 g/mol. The number of carboxylic acids is 1. The topological polar surface area (TPSA) is 53.0 Å². The number of rotatable bonds is 3. The summed E-state index contributed by atoms with van der Waals surface area (Å²) in [5.41, 5.74) is 0.501. The first kappa shape index (κ1) is 12.4. The van der Waals surface area contributed by atoms with E-state index in [0.29, 0.717) is 11.5 Å². The quantitative estimate of drug-likeness (QED) is 0.795. The smallest absolute Gasteiger partial charge is 0.334 e. The molecule has 0 aliphatic carbocycles. The normalized spacial score (nSPS) is 27.3. The molecule has 2 aliphatic heterocycles. The van der Waals surface area contributed by atoms with Crippen LogP contribution in [-0.4, -0.2) is 54.4 Å². The van der Waals surface area contributed by atoms with Gasteiger partial charge < -0.3 is 14.9 Å². The molecule has 2 rings (SSSR count). The fraction of sp³-hybridized carbons (Fsp3) is 0.750. The first-order valence-corrected chi connectivity index (χ1v) is 6.08. The minimum absolute atomic E-state index is 0.000556. The Morgan fingerprint density at radius 3 is 2.71 bits per heavy atom. The molecule has 2 aliphatic rings. The van der Waals surface area contributed by atoms with Crippen LogP contribution >= 0.6 is 0 Å². The first-order valence-electron chi connectivity index (χ1n) is 6.08. The van der Waals surface area contributed by atoms with Crippen molar-refractivity contribution in [1.29, 1.82) is 0 Å². The Bertz CT molecular complexity index is 324. The zero-order valence-corrected chi connectivity index (χ0v) is 10.4. The molecule has 1 saturated heterocycles. The minimum Gasteiger partial charge on any atom is -0.478 e. The highest BCUT2D eigenvalue weighted by Crippen LogP contribution is 2.29. The zero-order chi connectivity index (χ0) is 12.4. The third kappa shape index (κ3) is 2.61. The highest BCUT2D eigenvalue weighted by Gasteiger charge is 2.34. The van der Waals surface area contributed by atoms with Gasteiger partial charge in [-0.05, 0) is 25.2 Å². The minimum atomic E-state index is -0.807. The van der Waals surface area contributed by atoms with Crippen molar-refractivity contribution in [2.24, 2.45) is 5.92 Å². The Labute approximate surface area is 102 Å². The lowest BCUT2D eigenvalue weighted by Gasteiger charge is -2.31. The summed E-state index contributed by atoms with van der Waals surface area (Å²) >= 11 is 0. The number of hydrogen-bond donors (Lipinski definition) is 1. The van der Waals surface area contributed by atoms with Crippen LogP contribution in [0, 0.1) is 5.92 Å². The molecule has 0 radical (unpaired) electrons. The van der Waals surface area contributed by atoms with E-state index < -0.39 is 5.97 Å². The lowest BCUT2D eigenvalue weighted by atomic mass is 9.90. The predicted molar refractivity (Wildman–Crippen MR) is 63.2 cm³/mol. The van der Waals surface area contributed by atoms with Gasteiger partial charge in [0.1, 0.15) is 0 Å². The molecular weight excluding hydrogens is 220 g/mol. The van der Waals surface area contributed by atoms with Crippen LogP contribution in [0.3, 0.4) is 0 Å². The van der Waals surface area contributed by atoms with Gasteiger partial charge in [0.25, 0.3) is 0 Å². The van der Waals surface area contributed by atoms with E-state index in [0.717, 1.165) is 32.5 Å². The van der Waals surface area contributed by atoms with Crippen LogP contribution in [0.15, 0.2) is 11.8 Å². The maximum absolute atomic E-state index is 11.2. The van der Waals surface area contributed by atoms with Crippen molar-refractivity contribution >= 4 is 5.97 Å². The van der Waals surface area contributed by atoms with Crippen LogP contribution in [0.4, 0.5) is 0 Å². The van der Waals surface area contributed by atoms with Crippen LogP contribution in [0.25, 0.3) is 0 Å². The summed E-state index contributed by atoms with van der Waals surface area (Å²) in [5.74, 6) is -0.233. The number of likely N-dealkylation sites (N-methyl/N-ethyl adjacent to an activating group) is 1. The molecule has 5 nitrogen and oxygen atoms in total. The lowest BCUT2D eigenvalue weighted by molar-refractivity contribution is -0.133. The van der Waals surface area contributed by atoms with E-state index in [1.165, 1.54) is 0 Å². The van der Waals surface area contributed by atoms with E-state index in [4.69, 9.17) is 4.74 Å². The van der Waals surface area contributed by atoms with Crippen molar-refractivity contribution in [3.63, 3.8) is 0 Å². The van der Waals surface area contributed by atoms with E-state index in [1.807, 2.05) is 24.1 Å². The number of hydrazine groups is 1. The molecule has 0 spiro atoms. The second kappa shape index (κ2) is 5.06. The van der Waals surface area contributed by atoms with Gasteiger partial charge in [-0.2, -0.15) is 0 Å². The SMILES string of the molecule is CN1C=C(C(=O)O)C(CC2CCOCC2)N1C. The maximum Gasteiger partial charge on any atom is 0.334 e. The average molecular weight is 240 g/mol. The summed E-state index contributed by atoms with van der Waals surface area (Å²) in [5, 5.41) is 13.1. The molecule has 2 heterocycles. The number of hydrogen-bond acceptors (Lipinski definition) is 4. The van der Waals surface area contributed by atoms with Crippen molar-refractivity contribution in [3.8, 4) is 0 Å². The van der Waals surface area contributed by atoms with Gasteiger partial charge in [0, 0.05) is 33.5 Å². The molecule has 1 fully saturated rings. The van der Waals surface area contributed by atoms with Gasteiger partial charge in [-0.1, -0.05) is 0 Å². The molecule has 0 aromatic rings. The third-order valence-corrected chi connectivity index (χ3v) is 3.78. The van der Waals surface area contributed by atoms with Gasteiger partial charge in [0.2, 0.25) is 0 Å². The number of carbonyl (C=O) groups is 1. The van der Waals surface area contributed by atoms with Crippen LogP contribution < -0.4 is 0 Å². The summed E-state index contributed by atoms with van der Waals surface area (Å²) < 4.78 is 5.33. The second-order valence-electron chi connectivity index (χ2n) is 4.84. The Hall–Kier alpha value is -1.07. The van der Waals surface area contributed by atoms with E-state index in [2.05, 4.69) is 0 Å². The molecule has 1 N–H and O–H groups in total. The second-order valence-corrected chi connectivity index (χ2v) is 4.84. The Morgan fingerprint density at radius 1 is 1.47 bits per heavy atom. The predicted octanol–water partition coefficient (Wildman–Crippen LogP) is 0.932. The molecule has 1 atom stereocenters. The summed E-state index contributed by atoms with van der Waals surface area (Å²) in [6.45, 7) is 1.62. The number of ether oxygens (including phenoxy) is 1.